The first-order valence-electron chi connectivity index (χ1n) is 3.16. The molecule has 3 nitrogen and oxygen atoms in total. The molecule has 0 unspecified atom stereocenters. The van der Waals surface area contributed by atoms with Gasteiger partial charge in [-0.1, -0.05) is 0 Å². The van der Waals surface area contributed by atoms with Gasteiger partial charge in [0.25, 0.3) is 0 Å². The van der Waals surface area contributed by atoms with E-state index in [4.69, 9.17) is 30.4 Å². The summed E-state index contributed by atoms with van der Waals surface area (Å²) in [5.41, 5.74) is 0.584. The van der Waals surface area contributed by atoms with Crippen LogP contribution in [-0.4, -0.2) is 32.1 Å². The van der Waals surface area contributed by atoms with E-state index in [2.05, 4.69) is 4.99 Å². The van der Waals surface area contributed by atoms with Crippen LogP contribution in [0.15, 0.2) is 4.99 Å². The number of nitrogens with zero attached hydrogens (tertiary/aromatic N) is 1. The Morgan fingerprint density at radius 3 is 1.82 bits per heavy atom. The Kier molecular flexibility index (Phi) is 7.41. The molecule has 3 heteroatoms. The Balaban J connectivity index is 3.43. The Labute approximate surface area is 68.4 Å². The fourth-order valence-corrected chi connectivity index (χ4v) is 0.470. The van der Waals surface area contributed by atoms with E-state index in [1.54, 1.807) is 0 Å². The average Bonchev–Trinajstić information content (AvgIpc) is 2.05. The van der Waals surface area contributed by atoms with Crippen molar-refractivity contribution in [3.05, 3.63) is 20.9 Å². The molecule has 0 saturated heterocycles. The van der Waals surface area contributed by atoms with Crippen LogP contribution in [0.3, 0.4) is 0 Å². The van der Waals surface area contributed by atoms with Gasteiger partial charge in [0.1, 0.15) is 0 Å². The smallest absolute Gasteiger partial charge is 0.0991 e. The summed E-state index contributed by atoms with van der Waals surface area (Å²) in [5, 5.41) is 0. The van der Waals surface area contributed by atoms with Crippen molar-refractivity contribution < 1.29 is 9.47 Å². The van der Waals surface area contributed by atoms with Crippen molar-refractivity contribution >= 4 is 5.71 Å². The van der Waals surface area contributed by atoms with Gasteiger partial charge in [-0.2, -0.15) is 0 Å². The highest BCUT2D eigenvalue weighted by molar-refractivity contribution is 5.87. The first-order valence-corrected chi connectivity index (χ1v) is 3.16. The van der Waals surface area contributed by atoms with Crippen LogP contribution in [0.25, 0.3) is 0 Å². The maximum Gasteiger partial charge on any atom is 0.0991 e. The maximum atomic E-state index is 5.08. The van der Waals surface area contributed by atoms with Gasteiger partial charge in [0.15, 0.2) is 0 Å². The van der Waals surface area contributed by atoms with Crippen molar-refractivity contribution in [3.63, 3.8) is 0 Å². The van der Waals surface area contributed by atoms with Crippen LogP contribution in [0, 0.1) is 20.9 Å². The summed E-state index contributed by atoms with van der Waals surface area (Å²) in [6.07, 6.45) is 0. The van der Waals surface area contributed by atoms with Crippen molar-refractivity contribution in [2.24, 2.45) is 4.99 Å². The average molecular weight is 153 g/mol. The van der Waals surface area contributed by atoms with Gasteiger partial charge in [0.05, 0.1) is 39.2 Å². The summed E-state index contributed by atoms with van der Waals surface area (Å²) in [6, 6.07) is 0. The summed E-state index contributed by atoms with van der Waals surface area (Å²) >= 11 is 0. The summed E-state index contributed by atoms with van der Waals surface area (Å²) in [7, 11) is 5.00. The van der Waals surface area contributed by atoms with Gasteiger partial charge in [0, 0.05) is 0 Å². The molecule has 0 spiro atoms. The lowest BCUT2D eigenvalue weighted by molar-refractivity contribution is 0.175. The van der Waals surface area contributed by atoms with Crippen LogP contribution < -0.4 is 0 Å². The zero-order valence-corrected chi connectivity index (χ0v) is 6.32. The Morgan fingerprint density at radius 2 is 1.55 bits per heavy atom. The summed E-state index contributed by atoms with van der Waals surface area (Å²) in [4.78, 5) is 3.42. The second-order valence-electron chi connectivity index (χ2n) is 1.73. The molecule has 0 heterocycles. The molecule has 6 radical (unpaired) electrons. The molecule has 0 aromatic carbocycles. The zero-order chi connectivity index (χ0) is 8.53. The van der Waals surface area contributed by atoms with Crippen molar-refractivity contribution in [3.8, 4) is 0 Å². The van der Waals surface area contributed by atoms with Crippen molar-refractivity contribution in [1.29, 1.82) is 0 Å². The molecule has 0 aliphatic carbocycles. The van der Waals surface area contributed by atoms with E-state index >= 15 is 0 Å². The Hall–Kier alpha value is -0.410. The van der Waals surface area contributed by atoms with Crippen LogP contribution in [0.2, 0.25) is 0 Å². The first kappa shape index (κ1) is 10.6. The lowest BCUT2D eigenvalue weighted by atomic mass is 10.4. The first-order chi connectivity index (χ1) is 5.35. The van der Waals surface area contributed by atoms with Crippen LogP contribution in [0.5, 0.6) is 0 Å². The van der Waals surface area contributed by atoms with Gasteiger partial charge >= 0.3 is 0 Å². The molecule has 0 amide bonds. The minimum Gasteiger partial charge on any atom is -0.375 e. The molecule has 0 aromatic rings. The normalized spacial score (nSPS) is 9.73. The minimum absolute atomic E-state index is 0.141. The second kappa shape index (κ2) is 7.69. The second-order valence-corrected chi connectivity index (χ2v) is 1.73. The number of hydrogen-bond donors (Lipinski definition) is 0. The number of aliphatic imine (C=N–C) groups is 1. The van der Waals surface area contributed by atoms with Crippen LogP contribution in [0.4, 0.5) is 0 Å². The maximum absolute atomic E-state index is 5.08. The predicted octanol–water partition coefficient (Wildman–Crippen LogP) is 0.551. The zero-order valence-electron chi connectivity index (χ0n) is 6.32. The summed E-state index contributed by atoms with van der Waals surface area (Å²) in [6.45, 7) is 11.0. The van der Waals surface area contributed by atoms with Crippen LogP contribution in [-0.2, 0) is 9.47 Å². The van der Waals surface area contributed by atoms with Gasteiger partial charge in [-0.15, -0.1) is 0 Å². The number of hydrogen-bond acceptors (Lipinski definition) is 3. The molecule has 0 saturated carbocycles. The summed E-state index contributed by atoms with van der Waals surface area (Å²) < 4.78 is 9.66. The predicted molar refractivity (Wildman–Crippen MR) is 42.0 cm³/mol. The highest BCUT2D eigenvalue weighted by Crippen LogP contribution is 1.84. The lowest BCUT2D eigenvalue weighted by Gasteiger charge is -2.04. The number of ether oxygens (including phenoxy) is 2. The van der Waals surface area contributed by atoms with Crippen molar-refractivity contribution in [2.45, 2.75) is 0 Å². The Bertz CT molecular complexity index is 103. The molecular formula is C8H11NO2. The van der Waals surface area contributed by atoms with Crippen molar-refractivity contribution in [2.75, 3.05) is 26.4 Å². The molecular weight excluding hydrogens is 142 g/mol. The summed E-state index contributed by atoms with van der Waals surface area (Å²) in [5.74, 6) is 0. The standard InChI is InChI=1S/C8H11NO2/c1-4-10-6-8(9-3)7-11-5-2/h1-3H,4-7H2. The molecule has 0 rings (SSSR count). The van der Waals surface area contributed by atoms with Gasteiger partial charge in [-0.3, -0.25) is 4.99 Å². The van der Waals surface area contributed by atoms with E-state index in [1.165, 1.54) is 0 Å². The molecule has 0 fully saturated rings. The lowest BCUT2D eigenvalue weighted by Crippen LogP contribution is -2.15. The van der Waals surface area contributed by atoms with Gasteiger partial charge in [-0.05, 0) is 13.8 Å². The highest BCUT2D eigenvalue weighted by Gasteiger charge is 1.96. The third-order valence-corrected chi connectivity index (χ3v) is 0.956. The van der Waals surface area contributed by atoms with E-state index in [-0.39, 0.29) is 26.4 Å². The minimum atomic E-state index is 0.141. The molecule has 60 valence electrons. The molecule has 0 bridgehead atoms. The third kappa shape index (κ3) is 6.01. The van der Waals surface area contributed by atoms with Gasteiger partial charge in [-0.25, -0.2) is 0 Å². The topological polar surface area (TPSA) is 30.8 Å². The fourth-order valence-electron chi connectivity index (χ4n) is 0.470. The van der Waals surface area contributed by atoms with E-state index in [0.29, 0.717) is 5.71 Å². The van der Waals surface area contributed by atoms with Crippen LogP contribution >= 0.6 is 0 Å². The van der Waals surface area contributed by atoms with Gasteiger partial charge < -0.3 is 9.47 Å². The number of rotatable bonds is 6. The molecule has 11 heavy (non-hydrogen) atoms. The van der Waals surface area contributed by atoms with Crippen molar-refractivity contribution in [1.82, 2.24) is 0 Å². The fraction of sp³-hybridized carbons (Fsp3) is 0.500. The monoisotopic (exact) mass is 153 g/mol. The molecule has 0 atom stereocenters. The van der Waals surface area contributed by atoms with Crippen LogP contribution in [0.1, 0.15) is 0 Å². The van der Waals surface area contributed by atoms with E-state index in [9.17, 15) is 0 Å². The van der Waals surface area contributed by atoms with E-state index in [1.807, 2.05) is 0 Å². The van der Waals surface area contributed by atoms with Gasteiger partial charge in [0.2, 0.25) is 0 Å². The molecule has 0 aliphatic rings. The van der Waals surface area contributed by atoms with E-state index in [0.717, 1.165) is 0 Å². The highest BCUT2D eigenvalue weighted by atomic mass is 16.5. The van der Waals surface area contributed by atoms with E-state index < -0.39 is 0 Å². The molecule has 0 N–H and O–H groups in total. The SMILES string of the molecule is [CH]COCC(COC[CH])=N[CH]. The Morgan fingerprint density at radius 1 is 1.09 bits per heavy atom. The third-order valence-electron chi connectivity index (χ3n) is 0.956. The quantitative estimate of drug-likeness (QED) is 0.522. The molecule has 0 aromatic heterocycles. The largest absolute Gasteiger partial charge is 0.375 e. The molecule has 0 aliphatic heterocycles.